The minimum absolute atomic E-state index is 0.347. The van der Waals surface area contributed by atoms with E-state index >= 15 is 0 Å². The first-order valence-electron chi connectivity index (χ1n) is 5.35. The second-order valence-electron chi connectivity index (χ2n) is 4.10. The molecule has 0 aliphatic heterocycles. The highest BCUT2D eigenvalue weighted by Gasteiger charge is 2.21. The van der Waals surface area contributed by atoms with Gasteiger partial charge in [-0.15, -0.1) is 0 Å². The van der Waals surface area contributed by atoms with Gasteiger partial charge in [-0.3, -0.25) is 11.3 Å². The Labute approximate surface area is 91.3 Å². The van der Waals surface area contributed by atoms with Crippen molar-refractivity contribution in [3.05, 3.63) is 35.4 Å². The minimum atomic E-state index is -0.903. The summed E-state index contributed by atoms with van der Waals surface area (Å²) in [6.45, 7) is 4.25. The molecule has 3 heteroatoms. The van der Waals surface area contributed by atoms with Gasteiger partial charge >= 0.3 is 0 Å². The standard InChI is InChI=1S/C12H20N2O/c1-3-4-10-5-7-11(8-6-10)12(2,15)9-14-13/h5-8,14-15H,3-4,9,13H2,1-2H3. The topological polar surface area (TPSA) is 58.3 Å². The second kappa shape index (κ2) is 5.26. The Bertz CT molecular complexity index is 293. The number of nitrogens with one attached hydrogen (secondary N) is 1. The first-order chi connectivity index (χ1) is 7.10. The molecule has 0 saturated heterocycles. The van der Waals surface area contributed by atoms with Crippen molar-refractivity contribution >= 4 is 0 Å². The Hall–Kier alpha value is -0.900. The molecule has 0 aliphatic rings. The van der Waals surface area contributed by atoms with Crippen molar-refractivity contribution in [2.24, 2.45) is 5.84 Å². The Morgan fingerprint density at radius 1 is 1.33 bits per heavy atom. The van der Waals surface area contributed by atoms with Crippen molar-refractivity contribution in [1.29, 1.82) is 0 Å². The first-order valence-corrected chi connectivity index (χ1v) is 5.35. The average Bonchev–Trinajstić information content (AvgIpc) is 2.19. The van der Waals surface area contributed by atoms with Crippen LogP contribution in [0, 0.1) is 0 Å². The molecule has 0 bridgehead atoms. The van der Waals surface area contributed by atoms with Crippen LogP contribution in [-0.2, 0) is 12.0 Å². The van der Waals surface area contributed by atoms with Crippen LogP contribution < -0.4 is 11.3 Å². The van der Waals surface area contributed by atoms with Crippen LogP contribution in [0.15, 0.2) is 24.3 Å². The van der Waals surface area contributed by atoms with Gasteiger partial charge in [-0.25, -0.2) is 0 Å². The zero-order valence-electron chi connectivity index (χ0n) is 9.46. The Balaban J connectivity index is 2.78. The van der Waals surface area contributed by atoms with E-state index in [1.807, 2.05) is 12.1 Å². The van der Waals surface area contributed by atoms with Gasteiger partial charge in [0, 0.05) is 6.54 Å². The van der Waals surface area contributed by atoms with Crippen molar-refractivity contribution in [2.45, 2.75) is 32.3 Å². The van der Waals surface area contributed by atoms with Gasteiger partial charge in [0.15, 0.2) is 0 Å². The van der Waals surface area contributed by atoms with E-state index in [-0.39, 0.29) is 0 Å². The number of nitrogens with two attached hydrogens (primary N) is 1. The molecule has 1 atom stereocenters. The summed E-state index contributed by atoms with van der Waals surface area (Å²) in [5, 5.41) is 10.1. The van der Waals surface area contributed by atoms with Crippen LogP contribution in [0.2, 0.25) is 0 Å². The molecule has 0 aliphatic carbocycles. The van der Waals surface area contributed by atoms with Crippen LogP contribution in [0.25, 0.3) is 0 Å². The largest absolute Gasteiger partial charge is 0.384 e. The second-order valence-corrected chi connectivity index (χ2v) is 4.10. The molecule has 4 N–H and O–H groups in total. The van der Waals surface area contributed by atoms with Gasteiger partial charge in [-0.2, -0.15) is 0 Å². The Kier molecular flexibility index (Phi) is 4.27. The number of aliphatic hydroxyl groups is 1. The quantitative estimate of drug-likeness (QED) is 0.505. The number of hydrogen-bond acceptors (Lipinski definition) is 3. The third-order valence-corrected chi connectivity index (χ3v) is 2.56. The SMILES string of the molecule is CCCc1ccc(C(C)(O)CNN)cc1. The van der Waals surface area contributed by atoms with E-state index in [1.165, 1.54) is 5.56 Å². The van der Waals surface area contributed by atoms with Crippen molar-refractivity contribution in [3.8, 4) is 0 Å². The van der Waals surface area contributed by atoms with E-state index < -0.39 is 5.60 Å². The van der Waals surface area contributed by atoms with Gasteiger partial charge in [-0.1, -0.05) is 37.6 Å². The fourth-order valence-corrected chi connectivity index (χ4v) is 1.62. The maximum absolute atomic E-state index is 10.1. The van der Waals surface area contributed by atoms with Crippen molar-refractivity contribution < 1.29 is 5.11 Å². The van der Waals surface area contributed by atoms with Crippen molar-refractivity contribution in [1.82, 2.24) is 5.43 Å². The highest BCUT2D eigenvalue weighted by Crippen LogP contribution is 2.20. The predicted octanol–water partition coefficient (Wildman–Crippen LogP) is 1.31. The summed E-state index contributed by atoms with van der Waals surface area (Å²) >= 11 is 0. The summed E-state index contributed by atoms with van der Waals surface area (Å²) in [7, 11) is 0. The van der Waals surface area contributed by atoms with Crippen LogP contribution in [0.5, 0.6) is 0 Å². The summed E-state index contributed by atoms with van der Waals surface area (Å²) < 4.78 is 0. The van der Waals surface area contributed by atoms with Crippen LogP contribution in [0.4, 0.5) is 0 Å². The smallest absolute Gasteiger partial charge is 0.101 e. The third kappa shape index (κ3) is 3.30. The molecular weight excluding hydrogens is 188 g/mol. The third-order valence-electron chi connectivity index (χ3n) is 2.56. The molecule has 0 radical (unpaired) electrons. The zero-order valence-corrected chi connectivity index (χ0v) is 9.46. The lowest BCUT2D eigenvalue weighted by Gasteiger charge is -2.23. The van der Waals surface area contributed by atoms with Crippen molar-refractivity contribution in [3.63, 3.8) is 0 Å². The molecule has 15 heavy (non-hydrogen) atoms. The molecule has 0 amide bonds. The number of hydrazine groups is 1. The molecule has 0 fully saturated rings. The van der Waals surface area contributed by atoms with E-state index in [0.29, 0.717) is 6.54 Å². The highest BCUT2D eigenvalue weighted by molar-refractivity contribution is 5.27. The summed E-state index contributed by atoms with van der Waals surface area (Å²) in [5.74, 6) is 5.22. The molecule has 1 aromatic rings. The molecule has 1 unspecified atom stereocenters. The van der Waals surface area contributed by atoms with Crippen LogP contribution >= 0.6 is 0 Å². The summed E-state index contributed by atoms with van der Waals surface area (Å²) in [5.41, 5.74) is 3.79. The number of benzene rings is 1. The normalized spacial score (nSPS) is 14.9. The zero-order chi connectivity index (χ0) is 11.3. The van der Waals surface area contributed by atoms with E-state index in [2.05, 4.69) is 24.5 Å². The van der Waals surface area contributed by atoms with Gasteiger partial charge in [0.1, 0.15) is 5.60 Å². The Morgan fingerprint density at radius 2 is 1.93 bits per heavy atom. The maximum Gasteiger partial charge on any atom is 0.101 e. The molecule has 0 saturated carbocycles. The summed E-state index contributed by atoms with van der Waals surface area (Å²) in [6.07, 6.45) is 2.22. The molecular formula is C12H20N2O. The van der Waals surface area contributed by atoms with E-state index in [9.17, 15) is 5.11 Å². The highest BCUT2D eigenvalue weighted by atomic mass is 16.3. The molecule has 0 heterocycles. The monoisotopic (exact) mass is 208 g/mol. The average molecular weight is 208 g/mol. The minimum Gasteiger partial charge on any atom is -0.384 e. The molecule has 84 valence electrons. The first kappa shape index (κ1) is 12.2. The molecule has 1 rings (SSSR count). The maximum atomic E-state index is 10.1. The van der Waals surface area contributed by atoms with Gasteiger partial charge < -0.3 is 5.11 Å². The van der Waals surface area contributed by atoms with Crippen LogP contribution in [-0.4, -0.2) is 11.7 Å². The lowest BCUT2D eigenvalue weighted by Crippen LogP contribution is -2.38. The van der Waals surface area contributed by atoms with E-state index in [1.54, 1.807) is 6.92 Å². The van der Waals surface area contributed by atoms with Gasteiger partial charge in [0.2, 0.25) is 0 Å². The molecule has 0 aromatic heterocycles. The number of hydrogen-bond donors (Lipinski definition) is 3. The number of rotatable bonds is 5. The van der Waals surface area contributed by atoms with Gasteiger partial charge in [0.05, 0.1) is 0 Å². The van der Waals surface area contributed by atoms with E-state index in [4.69, 9.17) is 5.84 Å². The van der Waals surface area contributed by atoms with Crippen molar-refractivity contribution in [2.75, 3.05) is 6.54 Å². The Morgan fingerprint density at radius 3 is 2.40 bits per heavy atom. The molecule has 3 nitrogen and oxygen atoms in total. The lowest BCUT2D eigenvalue weighted by atomic mass is 9.94. The van der Waals surface area contributed by atoms with Crippen LogP contribution in [0.3, 0.4) is 0 Å². The molecule has 0 spiro atoms. The van der Waals surface area contributed by atoms with Crippen LogP contribution in [0.1, 0.15) is 31.4 Å². The van der Waals surface area contributed by atoms with E-state index in [0.717, 1.165) is 18.4 Å². The summed E-state index contributed by atoms with van der Waals surface area (Å²) in [6, 6.07) is 8.04. The number of aryl methyl sites for hydroxylation is 1. The molecule has 1 aromatic carbocycles. The summed E-state index contributed by atoms with van der Waals surface area (Å²) in [4.78, 5) is 0. The fraction of sp³-hybridized carbons (Fsp3) is 0.500. The van der Waals surface area contributed by atoms with Gasteiger partial charge in [-0.05, 0) is 24.5 Å². The predicted molar refractivity (Wildman–Crippen MR) is 62.2 cm³/mol. The van der Waals surface area contributed by atoms with Gasteiger partial charge in [0.25, 0.3) is 0 Å². The fourth-order valence-electron chi connectivity index (χ4n) is 1.62. The lowest BCUT2D eigenvalue weighted by molar-refractivity contribution is 0.0572.